The van der Waals surface area contributed by atoms with Crippen molar-refractivity contribution in [1.82, 2.24) is 20.1 Å². The summed E-state index contributed by atoms with van der Waals surface area (Å²) >= 11 is 0. The van der Waals surface area contributed by atoms with Gasteiger partial charge in [0.05, 0.1) is 22.3 Å². The SMILES string of the molecule is O=[N+]([O-])c1ccc(-c2nc(-c3ccc4nc[nH]c4c3)no2)cc1. The van der Waals surface area contributed by atoms with Crippen LogP contribution in [0.25, 0.3) is 33.9 Å². The summed E-state index contributed by atoms with van der Waals surface area (Å²) in [5.74, 6) is 0.745. The Bertz CT molecular complexity index is 1000. The molecule has 0 fully saturated rings. The average molecular weight is 307 g/mol. The molecule has 0 saturated heterocycles. The maximum atomic E-state index is 10.7. The average Bonchev–Trinajstić information content (AvgIpc) is 3.23. The minimum absolute atomic E-state index is 0.0122. The molecule has 0 radical (unpaired) electrons. The molecule has 8 nitrogen and oxygen atoms in total. The first-order chi connectivity index (χ1) is 11.2. The topological polar surface area (TPSA) is 111 Å². The number of nitrogens with zero attached hydrogens (tertiary/aromatic N) is 4. The summed E-state index contributed by atoms with van der Waals surface area (Å²) in [6.07, 6.45) is 1.62. The van der Waals surface area contributed by atoms with Crippen molar-refractivity contribution in [3.8, 4) is 22.8 Å². The summed E-state index contributed by atoms with van der Waals surface area (Å²) in [4.78, 5) is 21.7. The van der Waals surface area contributed by atoms with E-state index in [9.17, 15) is 10.1 Å². The van der Waals surface area contributed by atoms with Crippen molar-refractivity contribution in [2.24, 2.45) is 0 Å². The van der Waals surface area contributed by atoms with E-state index in [0.717, 1.165) is 16.6 Å². The predicted molar refractivity (Wildman–Crippen MR) is 81.5 cm³/mol. The van der Waals surface area contributed by atoms with Crippen LogP contribution in [-0.2, 0) is 0 Å². The van der Waals surface area contributed by atoms with Gasteiger partial charge in [-0.05, 0) is 30.3 Å². The van der Waals surface area contributed by atoms with Crippen LogP contribution < -0.4 is 0 Å². The molecule has 4 aromatic rings. The van der Waals surface area contributed by atoms with Gasteiger partial charge in [0.1, 0.15) is 0 Å². The Labute approximate surface area is 128 Å². The van der Waals surface area contributed by atoms with Gasteiger partial charge in [-0.15, -0.1) is 0 Å². The molecule has 2 aromatic heterocycles. The van der Waals surface area contributed by atoms with Gasteiger partial charge in [0.2, 0.25) is 5.82 Å². The lowest BCUT2D eigenvalue weighted by Gasteiger charge is -1.95. The zero-order valence-corrected chi connectivity index (χ0v) is 11.6. The van der Waals surface area contributed by atoms with E-state index < -0.39 is 4.92 Å². The highest BCUT2D eigenvalue weighted by Gasteiger charge is 2.13. The Hall–Kier alpha value is -3.55. The van der Waals surface area contributed by atoms with Gasteiger partial charge in [0, 0.05) is 23.3 Å². The second-order valence-corrected chi connectivity index (χ2v) is 4.86. The summed E-state index contributed by atoms with van der Waals surface area (Å²) in [6.45, 7) is 0. The van der Waals surface area contributed by atoms with Crippen LogP contribution in [-0.4, -0.2) is 25.0 Å². The largest absolute Gasteiger partial charge is 0.345 e. The summed E-state index contributed by atoms with van der Waals surface area (Å²) in [5.41, 5.74) is 3.16. The monoisotopic (exact) mass is 307 g/mol. The van der Waals surface area contributed by atoms with Crippen LogP contribution in [0.3, 0.4) is 0 Å². The fourth-order valence-electron chi connectivity index (χ4n) is 2.26. The first kappa shape index (κ1) is 13.1. The number of rotatable bonds is 3. The third-order valence-corrected chi connectivity index (χ3v) is 3.43. The van der Waals surface area contributed by atoms with Gasteiger partial charge in [0.25, 0.3) is 11.6 Å². The highest BCUT2D eigenvalue weighted by Crippen LogP contribution is 2.25. The maximum Gasteiger partial charge on any atom is 0.269 e. The number of imidazole rings is 1. The van der Waals surface area contributed by atoms with E-state index in [1.165, 1.54) is 12.1 Å². The number of aromatic amines is 1. The molecule has 0 amide bonds. The number of nitro groups is 1. The lowest BCUT2D eigenvalue weighted by molar-refractivity contribution is -0.384. The summed E-state index contributed by atoms with van der Waals surface area (Å²) in [6, 6.07) is 11.6. The number of non-ortho nitro benzene ring substituents is 1. The Kier molecular flexibility index (Phi) is 2.87. The minimum Gasteiger partial charge on any atom is -0.345 e. The molecule has 1 N–H and O–H groups in total. The van der Waals surface area contributed by atoms with Crippen molar-refractivity contribution < 1.29 is 9.45 Å². The molecule has 112 valence electrons. The van der Waals surface area contributed by atoms with Gasteiger partial charge >= 0.3 is 0 Å². The molecule has 0 aliphatic rings. The second-order valence-electron chi connectivity index (χ2n) is 4.86. The van der Waals surface area contributed by atoms with Crippen molar-refractivity contribution >= 4 is 16.7 Å². The summed E-state index contributed by atoms with van der Waals surface area (Å²) < 4.78 is 5.24. The highest BCUT2D eigenvalue weighted by molar-refractivity contribution is 5.80. The first-order valence-corrected chi connectivity index (χ1v) is 6.73. The summed E-state index contributed by atoms with van der Waals surface area (Å²) in [5, 5.41) is 14.6. The number of H-pyrrole nitrogens is 1. The molecule has 0 spiro atoms. The molecular formula is C15H9N5O3. The van der Waals surface area contributed by atoms with Crippen LogP contribution in [0.1, 0.15) is 0 Å². The van der Waals surface area contributed by atoms with Crippen molar-refractivity contribution in [2.75, 3.05) is 0 Å². The van der Waals surface area contributed by atoms with E-state index in [4.69, 9.17) is 4.52 Å². The Morgan fingerprint density at radius 3 is 2.65 bits per heavy atom. The van der Waals surface area contributed by atoms with E-state index >= 15 is 0 Å². The number of nitrogens with one attached hydrogen (secondary N) is 1. The number of benzene rings is 2. The summed E-state index contributed by atoms with van der Waals surface area (Å²) in [7, 11) is 0. The molecule has 0 saturated carbocycles. The normalized spacial score (nSPS) is 11.0. The molecule has 23 heavy (non-hydrogen) atoms. The van der Waals surface area contributed by atoms with Gasteiger partial charge in [-0.3, -0.25) is 10.1 Å². The standard InChI is InChI=1S/C15H9N5O3/c21-20(22)11-4-1-9(2-5-11)15-18-14(19-23-15)10-3-6-12-13(7-10)17-8-16-12/h1-8H,(H,16,17). The van der Waals surface area contributed by atoms with E-state index in [2.05, 4.69) is 20.1 Å². The van der Waals surface area contributed by atoms with Gasteiger partial charge in [0.15, 0.2) is 0 Å². The third-order valence-electron chi connectivity index (χ3n) is 3.43. The number of aromatic nitrogens is 4. The molecule has 2 aromatic carbocycles. The molecule has 0 unspecified atom stereocenters. The highest BCUT2D eigenvalue weighted by atomic mass is 16.6. The Morgan fingerprint density at radius 2 is 1.87 bits per heavy atom. The van der Waals surface area contributed by atoms with Crippen molar-refractivity contribution in [3.63, 3.8) is 0 Å². The Morgan fingerprint density at radius 1 is 1.09 bits per heavy atom. The van der Waals surface area contributed by atoms with Crippen LogP contribution in [0, 0.1) is 10.1 Å². The van der Waals surface area contributed by atoms with Crippen LogP contribution in [0.4, 0.5) is 5.69 Å². The molecule has 0 aliphatic heterocycles. The Balaban J connectivity index is 1.69. The predicted octanol–water partition coefficient (Wildman–Crippen LogP) is 3.19. The fraction of sp³-hybridized carbons (Fsp3) is 0. The number of fused-ring (bicyclic) bond motifs is 1. The van der Waals surface area contributed by atoms with Crippen molar-refractivity contribution in [2.45, 2.75) is 0 Å². The van der Waals surface area contributed by atoms with Gasteiger partial charge in [-0.25, -0.2) is 4.98 Å². The fourth-order valence-corrected chi connectivity index (χ4v) is 2.26. The van der Waals surface area contributed by atoms with Gasteiger partial charge < -0.3 is 9.51 Å². The molecule has 0 bridgehead atoms. The third kappa shape index (κ3) is 2.31. The second kappa shape index (κ2) is 5.02. The van der Waals surface area contributed by atoms with Crippen LogP contribution in [0.15, 0.2) is 53.3 Å². The van der Waals surface area contributed by atoms with Crippen molar-refractivity contribution in [3.05, 3.63) is 58.9 Å². The smallest absolute Gasteiger partial charge is 0.269 e. The molecular weight excluding hydrogens is 298 g/mol. The quantitative estimate of drug-likeness (QED) is 0.459. The van der Waals surface area contributed by atoms with E-state index in [0.29, 0.717) is 17.3 Å². The van der Waals surface area contributed by atoms with Crippen LogP contribution >= 0.6 is 0 Å². The number of hydrogen-bond donors (Lipinski definition) is 1. The lowest BCUT2D eigenvalue weighted by Crippen LogP contribution is -1.87. The molecule has 2 heterocycles. The molecule has 4 rings (SSSR count). The van der Waals surface area contributed by atoms with Crippen LogP contribution in [0.2, 0.25) is 0 Å². The number of nitro benzene ring substituents is 1. The molecule has 0 aliphatic carbocycles. The van der Waals surface area contributed by atoms with Gasteiger partial charge in [-0.2, -0.15) is 4.98 Å². The van der Waals surface area contributed by atoms with Gasteiger partial charge in [-0.1, -0.05) is 5.16 Å². The molecule has 8 heteroatoms. The zero-order chi connectivity index (χ0) is 15.8. The van der Waals surface area contributed by atoms with Crippen molar-refractivity contribution in [1.29, 1.82) is 0 Å². The van der Waals surface area contributed by atoms with Crippen LogP contribution in [0.5, 0.6) is 0 Å². The minimum atomic E-state index is -0.456. The maximum absolute atomic E-state index is 10.7. The zero-order valence-electron chi connectivity index (χ0n) is 11.6. The van der Waals surface area contributed by atoms with E-state index in [1.54, 1.807) is 18.5 Å². The number of hydrogen-bond acceptors (Lipinski definition) is 6. The first-order valence-electron chi connectivity index (χ1n) is 6.73. The molecule has 0 atom stereocenters. The van der Waals surface area contributed by atoms with E-state index in [1.807, 2.05) is 18.2 Å². The lowest BCUT2D eigenvalue weighted by atomic mass is 10.2. The van der Waals surface area contributed by atoms with E-state index in [-0.39, 0.29) is 5.69 Å².